The lowest BCUT2D eigenvalue weighted by atomic mass is 10.1. The monoisotopic (exact) mass is 174 g/mol. The molecule has 1 nitrogen and oxygen atoms in total. The van der Waals surface area contributed by atoms with E-state index in [-0.39, 0.29) is 0 Å². The average Bonchev–Trinajstić information content (AvgIpc) is 2.71. The molecule has 1 atom stereocenters. The van der Waals surface area contributed by atoms with Gasteiger partial charge in [0.1, 0.15) is 0 Å². The van der Waals surface area contributed by atoms with Crippen molar-refractivity contribution in [3.05, 3.63) is 42.3 Å². The molecule has 0 aliphatic carbocycles. The number of likely N-dealkylation sites (tertiary alicyclic amines) is 1. The van der Waals surface area contributed by atoms with Crippen LogP contribution in [0.3, 0.4) is 0 Å². The Morgan fingerprint density at radius 2 is 2.00 bits per heavy atom. The molecule has 1 aromatic carbocycles. The normalized spacial score (nSPS) is 20.4. The molecule has 1 radical (unpaired) electrons. The van der Waals surface area contributed by atoms with Crippen LogP contribution < -0.4 is 0 Å². The van der Waals surface area contributed by atoms with Gasteiger partial charge >= 0.3 is 0 Å². The van der Waals surface area contributed by atoms with Crippen molar-refractivity contribution in [3.8, 4) is 0 Å². The van der Waals surface area contributed by atoms with Gasteiger partial charge in [-0.3, -0.25) is 4.90 Å². The van der Waals surface area contributed by atoms with Crippen molar-refractivity contribution in [1.82, 2.24) is 4.90 Å². The fraction of sp³-hybridized carbons (Fsp3) is 0.417. The Labute approximate surface area is 80.4 Å². The van der Waals surface area contributed by atoms with E-state index in [4.69, 9.17) is 0 Å². The standard InChI is InChI=1S/C12H16N/c1-11(13-9-5-6-10-13)12-7-3-2-4-8-12/h2-5,7-8,11H,6,9-10H2,1H3/t11-/m1/s1. The molecule has 1 aliphatic rings. The topological polar surface area (TPSA) is 3.24 Å². The lowest BCUT2D eigenvalue weighted by Crippen LogP contribution is -2.23. The predicted octanol–water partition coefficient (Wildman–Crippen LogP) is 2.66. The van der Waals surface area contributed by atoms with Gasteiger partial charge in [-0.2, -0.15) is 0 Å². The molecule has 0 bridgehead atoms. The van der Waals surface area contributed by atoms with Crippen molar-refractivity contribution < 1.29 is 0 Å². The van der Waals surface area contributed by atoms with Gasteiger partial charge in [0, 0.05) is 12.6 Å². The molecule has 0 aromatic heterocycles. The molecule has 2 rings (SSSR count). The Hall–Kier alpha value is -0.820. The average molecular weight is 174 g/mol. The first-order valence-corrected chi connectivity index (χ1v) is 4.98. The number of hydrogen-bond donors (Lipinski definition) is 0. The Morgan fingerprint density at radius 1 is 1.23 bits per heavy atom. The minimum absolute atomic E-state index is 0.569. The summed E-state index contributed by atoms with van der Waals surface area (Å²) in [7, 11) is 0. The van der Waals surface area contributed by atoms with Gasteiger partial charge in [-0.15, -0.1) is 0 Å². The fourth-order valence-electron chi connectivity index (χ4n) is 1.90. The Kier molecular flexibility index (Phi) is 2.65. The van der Waals surface area contributed by atoms with Gasteiger partial charge in [-0.05, 0) is 31.9 Å². The largest absolute Gasteiger partial charge is 0.296 e. The molecule has 1 fully saturated rings. The fourth-order valence-corrected chi connectivity index (χ4v) is 1.90. The smallest absolute Gasteiger partial charge is 0.0319 e. The molecule has 0 amide bonds. The van der Waals surface area contributed by atoms with Gasteiger partial charge in [0.25, 0.3) is 0 Å². The van der Waals surface area contributed by atoms with E-state index in [0.29, 0.717) is 6.04 Å². The molecule has 0 spiro atoms. The molecule has 1 aromatic rings. The van der Waals surface area contributed by atoms with Gasteiger partial charge in [-0.25, -0.2) is 0 Å². The van der Waals surface area contributed by atoms with Crippen LogP contribution in [-0.4, -0.2) is 18.0 Å². The summed E-state index contributed by atoms with van der Waals surface area (Å²) < 4.78 is 0. The summed E-state index contributed by atoms with van der Waals surface area (Å²) in [4.78, 5) is 2.51. The first kappa shape index (κ1) is 8.76. The lowest BCUT2D eigenvalue weighted by Gasteiger charge is -2.23. The van der Waals surface area contributed by atoms with E-state index in [1.807, 2.05) is 0 Å². The highest BCUT2D eigenvalue weighted by Crippen LogP contribution is 2.23. The Bertz CT molecular complexity index is 249. The maximum Gasteiger partial charge on any atom is 0.0319 e. The number of benzene rings is 1. The van der Waals surface area contributed by atoms with Gasteiger partial charge in [0.15, 0.2) is 0 Å². The molecule has 0 saturated carbocycles. The highest BCUT2D eigenvalue weighted by molar-refractivity contribution is 5.18. The van der Waals surface area contributed by atoms with Crippen LogP contribution in [0, 0.1) is 6.42 Å². The quantitative estimate of drug-likeness (QED) is 0.666. The van der Waals surface area contributed by atoms with Gasteiger partial charge < -0.3 is 0 Å². The minimum atomic E-state index is 0.569. The maximum atomic E-state index is 2.51. The summed E-state index contributed by atoms with van der Waals surface area (Å²) in [5.74, 6) is 0. The zero-order valence-corrected chi connectivity index (χ0v) is 8.11. The molecule has 0 N–H and O–H groups in total. The summed E-state index contributed by atoms with van der Waals surface area (Å²) in [5.41, 5.74) is 1.43. The van der Waals surface area contributed by atoms with Crippen LogP contribution in [0.1, 0.15) is 24.9 Å². The number of nitrogens with zero attached hydrogens (tertiary/aromatic N) is 1. The van der Waals surface area contributed by atoms with E-state index in [1.54, 1.807) is 0 Å². The summed E-state index contributed by atoms with van der Waals surface area (Å²) in [6.07, 6.45) is 3.61. The molecule has 1 heteroatoms. The van der Waals surface area contributed by atoms with E-state index in [1.165, 1.54) is 18.5 Å². The van der Waals surface area contributed by atoms with Crippen LogP contribution in [0.5, 0.6) is 0 Å². The zero-order chi connectivity index (χ0) is 9.10. The summed E-state index contributed by atoms with van der Waals surface area (Å²) in [5, 5.41) is 0. The molecular weight excluding hydrogens is 158 g/mol. The Morgan fingerprint density at radius 3 is 2.62 bits per heavy atom. The highest BCUT2D eigenvalue weighted by Gasteiger charge is 2.18. The van der Waals surface area contributed by atoms with Crippen molar-refractivity contribution >= 4 is 0 Å². The van der Waals surface area contributed by atoms with Crippen molar-refractivity contribution in [1.29, 1.82) is 0 Å². The molecule has 1 aliphatic heterocycles. The molecule has 1 saturated heterocycles. The van der Waals surface area contributed by atoms with Gasteiger partial charge in [-0.1, -0.05) is 30.3 Å². The second-order valence-corrected chi connectivity index (χ2v) is 3.66. The molecule has 69 valence electrons. The van der Waals surface area contributed by atoms with E-state index in [0.717, 1.165) is 6.54 Å². The predicted molar refractivity (Wildman–Crippen MR) is 55.3 cm³/mol. The second-order valence-electron chi connectivity index (χ2n) is 3.66. The molecule has 13 heavy (non-hydrogen) atoms. The molecule has 0 unspecified atom stereocenters. The van der Waals surface area contributed by atoms with Crippen LogP contribution >= 0.6 is 0 Å². The summed E-state index contributed by atoms with van der Waals surface area (Å²) >= 11 is 0. The van der Waals surface area contributed by atoms with E-state index >= 15 is 0 Å². The van der Waals surface area contributed by atoms with Crippen LogP contribution in [0.4, 0.5) is 0 Å². The number of hydrogen-bond acceptors (Lipinski definition) is 1. The first-order valence-electron chi connectivity index (χ1n) is 4.98. The number of rotatable bonds is 2. The lowest BCUT2D eigenvalue weighted by molar-refractivity contribution is 0.268. The molecule has 1 heterocycles. The Balaban J connectivity index is 2.08. The minimum Gasteiger partial charge on any atom is -0.296 e. The third-order valence-electron chi connectivity index (χ3n) is 2.81. The van der Waals surface area contributed by atoms with Crippen LogP contribution in [-0.2, 0) is 0 Å². The van der Waals surface area contributed by atoms with Gasteiger partial charge in [0.05, 0.1) is 0 Å². The SMILES string of the molecule is C[C@H](c1ccccc1)N1C[CH]CC1. The highest BCUT2D eigenvalue weighted by atomic mass is 15.2. The summed E-state index contributed by atoms with van der Waals surface area (Å²) in [6, 6.07) is 11.3. The van der Waals surface area contributed by atoms with E-state index < -0.39 is 0 Å². The van der Waals surface area contributed by atoms with E-state index in [9.17, 15) is 0 Å². The maximum absolute atomic E-state index is 2.51. The van der Waals surface area contributed by atoms with E-state index in [2.05, 4.69) is 48.6 Å². The first-order chi connectivity index (χ1) is 6.38. The third-order valence-corrected chi connectivity index (χ3v) is 2.81. The van der Waals surface area contributed by atoms with Crippen molar-refractivity contribution in [3.63, 3.8) is 0 Å². The van der Waals surface area contributed by atoms with Crippen molar-refractivity contribution in [2.24, 2.45) is 0 Å². The van der Waals surface area contributed by atoms with Crippen molar-refractivity contribution in [2.75, 3.05) is 13.1 Å². The third kappa shape index (κ3) is 1.92. The molecular formula is C12H16N. The van der Waals surface area contributed by atoms with Crippen LogP contribution in [0.2, 0.25) is 0 Å². The van der Waals surface area contributed by atoms with Crippen LogP contribution in [0.25, 0.3) is 0 Å². The second kappa shape index (κ2) is 3.93. The zero-order valence-electron chi connectivity index (χ0n) is 8.11. The summed E-state index contributed by atoms with van der Waals surface area (Å²) in [6.45, 7) is 4.65. The van der Waals surface area contributed by atoms with Crippen molar-refractivity contribution in [2.45, 2.75) is 19.4 Å². The van der Waals surface area contributed by atoms with Gasteiger partial charge in [0.2, 0.25) is 0 Å². The van der Waals surface area contributed by atoms with Crippen LogP contribution in [0.15, 0.2) is 30.3 Å².